The second-order valence-corrected chi connectivity index (χ2v) is 5.31. The molecule has 20 heavy (non-hydrogen) atoms. The molecule has 0 saturated carbocycles. The molecule has 0 atom stereocenters. The molecule has 2 aromatic carbocycles. The second-order valence-electron chi connectivity index (χ2n) is 5.31. The molecule has 2 nitrogen and oxygen atoms in total. The van der Waals surface area contributed by atoms with E-state index in [9.17, 15) is 0 Å². The molecule has 0 N–H and O–H groups in total. The van der Waals surface area contributed by atoms with Gasteiger partial charge in [0.05, 0.1) is 5.69 Å². The molecule has 3 aromatic rings. The summed E-state index contributed by atoms with van der Waals surface area (Å²) >= 11 is 0. The van der Waals surface area contributed by atoms with Gasteiger partial charge in [0.15, 0.2) is 0 Å². The van der Waals surface area contributed by atoms with E-state index in [2.05, 4.69) is 66.4 Å². The first kappa shape index (κ1) is 12.7. The van der Waals surface area contributed by atoms with Crippen molar-refractivity contribution in [1.82, 2.24) is 4.98 Å². The highest BCUT2D eigenvalue weighted by atomic mass is 15.1. The zero-order chi connectivity index (χ0) is 14.1. The predicted octanol–water partition coefficient (Wildman–Crippen LogP) is 4.28. The third-order valence-electron chi connectivity index (χ3n) is 3.49. The third kappa shape index (κ3) is 2.25. The smallest absolute Gasteiger partial charge is 0.136 e. The lowest BCUT2D eigenvalue weighted by atomic mass is 10.1. The lowest BCUT2D eigenvalue weighted by molar-refractivity contribution is 1.08. The number of nitrogens with zero attached hydrogens (tertiary/aromatic N) is 2. The van der Waals surface area contributed by atoms with Gasteiger partial charge in [-0.15, -0.1) is 0 Å². The van der Waals surface area contributed by atoms with Crippen LogP contribution in [0, 0.1) is 6.92 Å². The Morgan fingerprint density at radius 3 is 2.30 bits per heavy atom. The molecule has 0 spiro atoms. The van der Waals surface area contributed by atoms with Gasteiger partial charge in [0, 0.05) is 25.0 Å². The molecule has 1 heterocycles. The first-order chi connectivity index (χ1) is 9.65. The van der Waals surface area contributed by atoms with Crippen molar-refractivity contribution in [3.8, 4) is 11.3 Å². The Bertz CT molecular complexity index is 743. The van der Waals surface area contributed by atoms with E-state index in [1.165, 1.54) is 16.3 Å². The molecule has 0 aliphatic carbocycles. The summed E-state index contributed by atoms with van der Waals surface area (Å²) in [5.41, 5.74) is 3.44. The molecule has 100 valence electrons. The molecular formula is C18H18N2. The molecule has 3 rings (SSSR count). The fraction of sp³-hybridized carbons (Fsp3) is 0.167. The van der Waals surface area contributed by atoms with Crippen LogP contribution in [-0.2, 0) is 0 Å². The van der Waals surface area contributed by atoms with Crippen LogP contribution in [0.2, 0.25) is 0 Å². The molecule has 2 heteroatoms. The number of fused-ring (bicyclic) bond motifs is 1. The lowest BCUT2D eigenvalue weighted by Crippen LogP contribution is -2.11. The Hall–Kier alpha value is -2.35. The number of aryl methyl sites for hydroxylation is 1. The fourth-order valence-corrected chi connectivity index (χ4v) is 2.39. The van der Waals surface area contributed by atoms with E-state index in [-0.39, 0.29) is 0 Å². The van der Waals surface area contributed by atoms with Crippen LogP contribution in [-0.4, -0.2) is 19.1 Å². The number of aromatic nitrogens is 1. The SMILES string of the molecule is Cc1ccc(-c2cc3ccccc3c(N(C)C)n2)cc1. The van der Waals surface area contributed by atoms with E-state index < -0.39 is 0 Å². The molecule has 0 radical (unpaired) electrons. The number of pyridine rings is 1. The van der Waals surface area contributed by atoms with Crippen LogP contribution in [0.4, 0.5) is 5.82 Å². The van der Waals surface area contributed by atoms with Crippen LogP contribution in [0.1, 0.15) is 5.56 Å². The van der Waals surface area contributed by atoms with Crippen molar-refractivity contribution in [2.24, 2.45) is 0 Å². The molecule has 0 unspecified atom stereocenters. The minimum atomic E-state index is 1.01. The summed E-state index contributed by atoms with van der Waals surface area (Å²) in [4.78, 5) is 6.90. The van der Waals surface area contributed by atoms with Crippen molar-refractivity contribution >= 4 is 16.6 Å². The molecule has 0 aliphatic heterocycles. The van der Waals surface area contributed by atoms with Crippen LogP contribution in [0.15, 0.2) is 54.6 Å². The molecule has 0 fully saturated rings. The maximum atomic E-state index is 4.83. The van der Waals surface area contributed by atoms with Gasteiger partial charge in [-0.1, -0.05) is 54.1 Å². The molecule has 1 aromatic heterocycles. The summed E-state index contributed by atoms with van der Waals surface area (Å²) in [7, 11) is 4.07. The van der Waals surface area contributed by atoms with Crippen molar-refractivity contribution < 1.29 is 0 Å². The highest BCUT2D eigenvalue weighted by molar-refractivity contribution is 5.94. The minimum Gasteiger partial charge on any atom is -0.362 e. The first-order valence-electron chi connectivity index (χ1n) is 6.79. The Kier molecular flexibility index (Phi) is 3.15. The van der Waals surface area contributed by atoms with Crippen LogP contribution in [0.3, 0.4) is 0 Å². The summed E-state index contributed by atoms with van der Waals surface area (Å²) in [5, 5.41) is 2.41. The van der Waals surface area contributed by atoms with Crippen LogP contribution < -0.4 is 4.90 Å². The van der Waals surface area contributed by atoms with Gasteiger partial charge in [-0.05, 0) is 18.4 Å². The van der Waals surface area contributed by atoms with Gasteiger partial charge in [-0.2, -0.15) is 0 Å². The quantitative estimate of drug-likeness (QED) is 0.685. The average molecular weight is 262 g/mol. The van der Waals surface area contributed by atoms with Crippen LogP contribution in [0.25, 0.3) is 22.0 Å². The zero-order valence-electron chi connectivity index (χ0n) is 12.1. The Balaban J connectivity index is 2.24. The number of hydrogen-bond acceptors (Lipinski definition) is 2. The van der Waals surface area contributed by atoms with Gasteiger partial charge in [0.2, 0.25) is 0 Å². The first-order valence-corrected chi connectivity index (χ1v) is 6.79. The van der Waals surface area contributed by atoms with Crippen molar-refractivity contribution in [1.29, 1.82) is 0 Å². The number of rotatable bonds is 2. The molecular weight excluding hydrogens is 244 g/mol. The van der Waals surface area contributed by atoms with Crippen LogP contribution >= 0.6 is 0 Å². The summed E-state index contributed by atoms with van der Waals surface area (Å²) < 4.78 is 0. The monoisotopic (exact) mass is 262 g/mol. The van der Waals surface area contributed by atoms with E-state index in [1.54, 1.807) is 0 Å². The summed E-state index contributed by atoms with van der Waals surface area (Å²) in [6.45, 7) is 2.10. The van der Waals surface area contributed by atoms with Crippen LogP contribution in [0.5, 0.6) is 0 Å². The minimum absolute atomic E-state index is 1.01. The maximum absolute atomic E-state index is 4.83. The van der Waals surface area contributed by atoms with Crippen molar-refractivity contribution in [3.05, 3.63) is 60.2 Å². The second kappa shape index (κ2) is 4.97. The van der Waals surface area contributed by atoms with E-state index >= 15 is 0 Å². The van der Waals surface area contributed by atoms with Crippen molar-refractivity contribution in [3.63, 3.8) is 0 Å². The number of anilines is 1. The largest absolute Gasteiger partial charge is 0.362 e. The summed E-state index contributed by atoms with van der Waals surface area (Å²) in [6, 6.07) is 19.1. The van der Waals surface area contributed by atoms with Gasteiger partial charge >= 0.3 is 0 Å². The number of hydrogen-bond donors (Lipinski definition) is 0. The maximum Gasteiger partial charge on any atom is 0.136 e. The molecule has 0 amide bonds. The standard InChI is InChI=1S/C18H18N2/c1-13-8-10-14(11-9-13)17-12-15-6-4-5-7-16(15)18(19-17)20(2)3/h4-12H,1-3H3. The van der Waals surface area contributed by atoms with Gasteiger partial charge in [0.1, 0.15) is 5.82 Å². The molecule has 0 saturated heterocycles. The topological polar surface area (TPSA) is 16.1 Å². The highest BCUT2D eigenvalue weighted by Gasteiger charge is 2.08. The van der Waals surface area contributed by atoms with Crippen molar-refractivity contribution in [2.45, 2.75) is 6.92 Å². The molecule has 0 bridgehead atoms. The predicted molar refractivity (Wildman–Crippen MR) is 86.2 cm³/mol. The third-order valence-corrected chi connectivity index (χ3v) is 3.49. The van der Waals surface area contributed by atoms with E-state index in [4.69, 9.17) is 4.98 Å². The Morgan fingerprint density at radius 2 is 1.60 bits per heavy atom. The van der Waals surface area contributed by atoms with Crippen molar-refractivity contribution in [2.75, 3.05) is 19.0 Å². The highest BCUT2D eigenvalue weighted by Crippen LogP contribution is 2.29. The Morgan fingerprint density at radius 1 is 0.900 bits per heavy atom. The summed E-state index contributed by atoms with van der Waals surface area (Å²) in [5.74, 6) is 1.01. The lowest BCUT2D eigenvalue weighted by Gasteiger charge is -2.16. The normalized spacial score (nSPS) is 10.8. The molecule has 0 aliphatic rings. The Labute approximate surface area is 119 Å². The van der Waals surface area contributed by atoms with E-state index in [0.29, 0.717) is 0 Å². The van der Waals surface area contributed by atoms with E-state index in [0.717, 1.165) is 17.1 Å². The van der Waals surface area contributed by atoms with E-state index in [1.807, 2.05) is 14.1 Å². The summed E-state index contributed by atoms with van der Waals surface area (Å²) in [6.07, 6.45) is 0. The fourth-order valence-electron chi connectivity index (χ4n) is 2.39. The van der Waals surface area contributed by atoms with Gasteiger partial charge in [0.25, 0.3) is 0 Å². The average Bonchev–Trinajstić information content (AvgIpc) is 2.46. The zero-order valence-corrected chi connectivity index (χ0v) is 12.1. The van der Waals surface area contributed by atoms with Gasteiger partial charge in [-0.3, -0.25) is 0 Å². The van der Waals surface area contributed by atoms with Gasteiger partial charge < -0.3 is 4.90 Å². The number of benzene rings is 2. The van der Waals surface area contributed by atoms with Gasteiger partial charge in [-0.25, -0.2) is 4.98 Å².